The SMILES string of the molecule is CCCCCC/C=C/[C@H]1CCC[C@@H]1CCCCCCC(O)(O)CO. The third-order valence-electron chi connectivity index (χ3n) is 5.48. The molecule has 0 aromatic carbocycles. The van der Waals surface area contributed by atoms with Gasteiger partial charge in [0, 0.05) is 6.42 Å². The normalized spacial score (nSPS) is 21.8. The lowest BCUT2D eigenvalue weighted by Crippen LogP contribution is -2.32. The Hall–Kier alpha value is -0.380. The quantitative estimate of drug-likeness (QED) is 0.238. The predicted octanol–water partition coefficient (Wildman–Crippen LogP) is 4.94. The van der Waals surface area contributed by atoms with Crippen LogP contribution >= 0.6 is 0 Å². The van der Waals surface area contributed by atoms with Crippen LogP contribution in [-0.2, 0) is 0 Å². The number of rotatable bonds is 14. The second kappa shape index (κ2) is 12.9. The van der Waals surface area contributed by atoms with Crippen LogP contribution in [0.15, 0.2) is 12.2 Å². The fourth-order valence-corrected chi connectivity index (χ4v) is 3.88. The molecule has 2 atom stereocenters. The van der Waals surface area contributed by atoms with Gasteiger partial charge >= 0.3 is 0 Å². The number of aliphatic hydroxyl groups is 3. The minimum atomic E-state index is -1.88. The van der Waals surface area contributed by atoms with Crippen LogP contribution in [0.1, 0.15) is 96.8 Å². The fraction of sp³-hybridized carbons (Fsp3) is 0.905. The van der Waals surface area contributed by atoms with Crippen LogP contribution in [0.5, 0.6) is 0 Å². The summed E-state index contributed by atoms with van der Waals surface area (Å²) in [7, 11) is 0. The van der Waals surface area contributed by atoms with Crippen LogP contribution in [0.3, 0.4) is 0 Å². The van der Waals surface area contributed by atoms with Gasteiger partial charge in [0.05, 0.1) is 6.61 Å². The Balaban J connectivity index is 2.08. The van der Waals surface area contributed by atoms with Crippen molar-refractivity contribution in [1.82, 2.24) is 0 Å². The first-order valence-electron chi connectivity index (χ1n) is 10.3. The molecule has 0 aliphatic heterocycles. The van der Waals surface area contributed by atoms with E-state index in [4.69, 9.17) is 5.11 Å². The third kappa shape index (κ3) is 9.80. The van der Waals surface area contributed by atoms with Gasteiger partial charge in [-0.2, -0.15) is 0 Å². The largest absolute Gasteiger partial charge is 0.391 e. The molecule has 0 spiro atoms. The standard InChI is InChI=1S/C21H40O3/c1-2-3-4-5-6-9-13-19-15-12-16-20(19)14-10-7-8-11-17-21(23,24)18-22/h9,13,19-20,22-24H,2-8,10-12,14-18H2,1H3/b13-9+/t19-,20-/m0/s1. The number of aliphatic hydroxyl groups excluding tert-OH is 1. The summed E-state index contributed by atoms with van der Waals surface area (Å²) >= 11 is 0. The van der Waals surface area contributed by atoms with Gasteiger partial charge in [0.2, 0.25) is 0 Å². The van der Waals surface area contributed by atoms with E-state index in [-0.39, 0.29) is 6.42 Å². The average molecular weight is 341 g/mol. The van der Waals surface area contributed by atoms with E-state index in [2.05, 4.69) is 19.1 Å². The predicted molar refractivity (Wildman–Crippen MR) is 101 cm³/mol. The van der Waals surface area contributed by atoms with E-state index >= 15 is 0 Å². The summed E-state index contributed by atoms with van der Waals surface area (Å²) in [6.45, 7) is 1.69. The Morgan fingerprint density at radius 1 is 0.958 bits per heavy atom. The van der Waals surface area contributed by atoms with Crippen LogP contribution in [-0.4, -0.2) is 27.7 Å². The smallest absolute Gasteiger partial charge is 0.186 e. The summed E-state index contributed by atoms with van der Waals surface area (Å²) in [5.41, 5.74) is 0. The van der Waals surface area contributed by atoms with E-state index in [1.54, 1.807) is 0 Å². The molecule has 0 aromatic heterocycles. The molecule has 3 N–H and O–H groups in total. The summed E-state index contributed by atoms with van der Waals surface area (Å²) in [6.07, 6.45) is 21.5. The van der Waals surface area contributed by atoms with Gasteiger partial charge in [0.25, 0.3) is 0 Å². The van der Waals surface area contributed by atoms with Crippen molar-refractivity contribution < 1.29 is 15.3 Å². The molecule has 24 heavy (non-hydrogen) atoms. The highest BCUT2D eigenvalue weighted by molar-refractivity contribution is 4.94. The van der Waals surface area contributed by atoms with Crippen molar-refractivity contribution in [3.05, 3.63) is 12.2 Å². The van der Waals surface area contributed by atoms with Gasteiger partial charge in [0.1, 0.15) is 0 Å². The van der Waals surface area contributed by atoms with Crippen molar-refractivity contribution in [3.8, 4) is 0 Å². The maximum absolute atomic E-state index is 9.34. The second-order valence-corrected chi connectivity index (χ2v) is 7.73. The summed E-state index contributed by atoms with van der Waals surface area (Å²) < 4.78 is 0. The molecular weight excluding hydrogens is 300 g/mol. The molecule has 1 aliphatic carbocycles. The molecule has 0 bridgehead atoms. The van der Waals surface area contributed by atoms with Crippen LogP contribution in [0.2, 0.25) is 0 Å². The van der Waals surface area contributed by atoms with Crippen molar-refractivity contribution in [2.24, 2.45) is 11.8 Å². The maximum atomic E-state index is 9.34. The molecule has 0 saturated heterocycles. The van der Waals surface area contributed by atoms with E-state index in [0.29, 0.717) is 0 Å². The Morgan fingerprint density at radius 3 is 2.46 bits per heavy atom. The minimum absolute atomic E-state index is 0.274. The lowest BCUT2D eigenvalue weighted by atomic mass is 9.90. The van der Waals surface area contributed by atoms with Gasteiger partial charge in [-0.15, -0.1) is 0 Å². The summed E-state index contributed by atoms with van der Waals surface area (Å²) in [6, 6.07) is 0. The van der Waals surface area contributed by atoms with Crippen molar-refractivity contribution in [2.75, 3.05) is 6.61 Å². The summed E-state index contributed by atoms with van der Waals surface area (Å²) in [5.74, 6) is -0.212. The Bertz CT molecular complexity index is 325. The lowest BCUT2D eigenvalue weighted by molar-refractivity contribution is -0.191. The highest BCUT2D eigenvalue weighted by Crippen LogP contribution is 2.36. The number of hydrogen-bond acceptors (Lipinski definition) is 3. The van der Waals surface area contributed by atoms with Gasteiger partial charge in [-0.25, -0.2) is 0 Å². The third-order valence-corrected chi connectivity index (χ3v) is 5.48. The summed E-state index contributed by atoms with van der Waals surface area (Å²) in [4.78, 5) is 0. The zero-order chi connectivity index (χ0) is 17.7. The highest BCUT2D eigenvalue weighted by Gasteiger charge is 2.24. The van der Waals surface area contributed by atoms with Crippen LogP contribution in [0.25, 0.3) is 0 Å². The fourth-order valence-electron chi connectivity index (χ4n) is 3.88. The average Bonchev–Trinajstić information content (AvgIpc) is 3.01. The van der Waals surface area contributed by atoms with Crippen molar-refractivity contribution in [3.63, 3.8) is 0 Å². The first kappa shape index (κ1) is 21.7. The van der Waals surface area contributed by atoms with Gasteiger partial charge < -0.3 is 15.3 Å². The topological polar surface area (TPSA) is 60.7 Å². The molecule has 1 aliphatic rings. The zero-order valence-electron chi connectivity index (χ0n) is 15.8. The second-order valence-electron chi connectivity index (χ2n) is 7.73. The first-order valence-corrected chi connectivity index (χ1v) is 10.3. The Kier molecular flexibility index (Phi) is 11.7. The van der Waals surface area contributed by atoms with Crippen LogP contribution < -0.4 is 0 Å². The molecule has 3 heteroatoms. The number of allylic oxidation sites excluding steroid dienone is 2. The van der Waals surface area contributed by atoms with Crippen molar-refractivity contribution >= 4 is 0 Å². The van der Waals surface area contributed by atoms with E-state index in [9.17, 15) is 10.2 Å². The molecule has 0 heterocycles. The van der Waals surface area contributed by atoms with E-state index in [1.807, 2.05) is 0 Å². The molecule has 1 fully saturated rings. The molecule has 0 unspecified atom stereocenters. The Labute approximate surface area is 149 Å². The zero-order valence-corrected chi connectivity index (χ0v) is 15.8. The number of unbranched alkanes of at least 4 members (excludes halogenated alkanes) is 7. The highest BCUT2D eigenvalue weighted by atomic mass is 16.5. The molecule has 142 valence electrons. The van der Waals surface area contributed by atoms with Crippen LogP contribution in [0.4, 0.5) is 0 Å². The van der Waals surface area contributed by atoms with E-state index < -0.39 is 12.4 Å². The molecule has 1 saturated carbocycles. The monoisotopic (exact) mass is 340 g/mol. The van der Waals surface area contributed by atoms with Gasteiger partial charge in [0.15, 0.2) is 5.79 Å². The van der Waals surface area contributed by atoms with Crippen molar-refractivity contribution in [2.45, 2.75) is 103 Å². The molecule has 1 rings (SSSR count). The van der Waals surface area contributed by atoms with Crippen molar-refractivity contribution in [1.29, 1.82) is 0 Å². The van der Waals surface area contributed by atoms with Crippen LogP contribution in [0, 0.1) is 11.8 Å². The van der Waals surface area contributed by atoms with E-state index in [0.717, 1.165) is 31.1 Å². The van der Waals surface area contributed by atoms with E-state index in [1.165, 1.54) is 64.2 Å². The first-order chi connectivity index (χ1) is 11.6. The molecule has 0 aromatic rings. The van der Waals surface area contributed by atoms with Gasteiger partial charge in [-0.3, -0.25) is 0 Å². The lowest BCUT2D eigenvalue weighted by Gasteiger charge is -2.18. The summed E-state index contributed by atoms with van der Waals surface area (Å²) in [5, 5.41) is 27.5. The Morgan fingerprint density at radius 2 is 1.71 bits per heavy atom. The van der Waals surface area contributed by atoms with Gasteiger partial charge in [-0.05, 0) is 50.4 Å². The molecule has 0 amide bonds. The molecule has 0 radical (unpaired) electrons. The number of hydrogen-bond donors (Lipinski definition) is 3. The molecule has 3 nitrogen and oxygen atoms in total. The van der Waals surface area contributed by atoms with Gasteiger partial charge in [-0.1, -0.05) is 64.0 Å². The minimum Gasteiger partial charge on any atom is -0.391 e. The maximum Gasteiger partial charge on any atom is 0.186 e. The molecular formula is C21H40O3.